The van der Waals surface area contributed by atoms with Crippen molar-refractivity contribution in [3.05, 3.63) is 24.3 Å². The zero-order valence-corrected chi connectivity index (χ0v) is 10.3. The Hall–Kier alpha value is -1.73. The lowest BCUT2D eigenvalue weighted by Gasteiger charge is -2.12. The van der Waals surface area contributed by atoms with Gasteiger partial charge in [-0.05, 0) is 18.7 Å². The van der Waals surface area contributed by atoms with Gasteiger partial charge >= 0.3 is 0 Å². The second-order valence-electron chi connectivity index (χ2n) is 3.53. The van der Waals surface area contributed by atoms with E-state index in [4.69, 9.17) is 14.7 Å². The molecule has 0 heterocycles. The number of hydrogen-bond donors (Lipinski definition) is 1. The first-order chi connectivity index (χ1) is 8.31. The maximum absolute atomic E-state index is 8.86. The molecule has 1 atom stereocenters. The van der Waals surface area contributed by atoms with Crippen molar-refractivity contribution in [3.63, 3.8) is 0 Å². The highest BCUT2D eigenvalue weighted by Crippen LogP contribution is 2.25. The highest BCUT2D eigenvalue weighted by molar-refractivity contribution is 5.39. The minimum Gasteiger partial charge on any atom is -0.493 e. The van der Waals surface area contributed by atoms with E-state index >= 15 is 0 Å². The van der Waals surface area contributed by atoms with E-state index in [0.29, 0.717) is 24.5 Å². The number of nitrogens with zero attached hydrogens (tertiary/aromatic N) is 1. The number of nitriles is 1. The fourth-order valence-electron chi connectivity index (χ4n) is 1.48. The Bertz CT molecular complexity index is 374. The first-order valence-corrected chi connectivity index (χ1v) is 5.70. The standard InChI is InChI=1S/C13H18N2O2/c1-3-15-11(10-14)8-9-17-13-7-5-4-6-12(13)16-2/h4-7,11,15H,3,8-9H2,1-2H3. The van der Waals surface area contributed by atoms with Crippen LogP contribution in [0.25, 0.3) is 0 Å². The minimum absolute atomic E-state index is 0.158. The molecule has 0 aliphatic carbocycles. The second kappa shape index (κ2) is 7.53. The predicted molar refractivity (Wildman–Crippen MR) is 66.2 cm³/mol. The first kappa shape index (κ1) is 13.3. The number of ether oxygens (including phenoxy) is 2. The lowest BCUT2D eigenvalue weighted by atomic mass is 10.2. The Labute approximate surface area is 102 Å². The molecule has 92 valence electrons. The van der Waals surface area contributed by atoms with E-state index in [9.17, 15) is 0 Å². The van der Waals surface area contributed by atoms with Gasteiger partial charge in [-0.3, -0.25) is 0 Å². The number of rotatable bonds is 7. The van der Waals surface area contributed by atoms with Gasteiger partial charge in [0.1, 0.15) is 0 Å². The molecule has 0 aliphatic rings. The van der Waals surface area contributed by atoms with Crippen molar-refractivity contribution in [2.45, 2.75) is 19.4 Å². The van der Waals surface area contributed by atoms with E-state index in [1.165, 1.54) is 0 Å². The summed E-state index contributed by atoms with van der Waals surface area (Å²) in [5.41, 5.74) is 0. The third-order valence-electron chi connectivity index (χ3n) is 2.34. The zero-order valence-electron chi connectivity index (χ0n) is 10.3. The number of nitrogens with one attached hydrogen (secondary N) is 1. The summed E-state index contributed by atoms with van der Waals surface area (Å²) in [5, 5.41) is 11.9. The average molecular weight is 234 g/mol. The molecule has 0 aliphatic heterocycles. The third-order valence-corrected chi connectivity index (χ3v) is 2.34. The van der Waals surface area contributed by atoms with Crippen LogP contribution in [-0.2, 0) is 0 Å². The summed E-state index contributed by atoms with van der Waals surface area (Å²) in [4.78, 5) is 0. The van der Waals surface area contributed by atoms with Gasteiger partial charge in [-0.15, -0.1) is 0 Å². The molecular weight excluding hydrogens is 216 g/mol. The van der Waals surface area contributed by atoms with Gasteiger partial charge in [-0.25, -0.2) is 0 Å². The monoisotopic (exact) mass is 234 g/mol. The van der Waals surface area contributed by atoms with Crippen LogP contribution >= 0.6 is 0 Å². The summed E-state index contributed by atoms with van der Waals surface area (Å²) in [6, 6.07) is 9.53. The van der Waals surface area contributed by atoms with Crippen LogP contribution in [0.2, 0.25) is 0 Å². The molecule has 4 heteroatoms. The third kappa shape index (κ3) is 4.33. The van der Waals surface area contributed by atoms with E-state index in [0.717, 1.165) is 6.54 Å². The summed E-state index contributed by atoms with van der Waals surface area (Å²) in [5.74, 6) is 1.42. The molecule has 1 aromatic carbocycles. The molecule has 0 saturated carbocycles. The summed E-state index contributed by atoms with van der Waals surface area (Å²) in [6.45, 7) is 3.25. The molecule has 0 aromatic heterocycles. The molecule has 0 saturated heterocycles. The number of hydrogen-bond acceptors (Lipinski definition) is 4. The van der Waals surface area contributed by atoms with Gasteiger partial charge in [0.15, 0.2) is 11.5 Å². The molecule has 1 aromatic rings. The van der Waals surface area contributed by atoms with Crippen LogP contribution in [0.15, 0.2) is 24.3 Å². The highest BCUT2D eigenvalue weighted by atomic mass is 16.5. The number of para-hydroxylation sites is 2. The zero-order chi connectivity index (χ0) is 12.5. The molecule has 1 N–H and O–H groups in total. The van der Waals surface area contributed by atoms with Gasteiger partial charge in [0, 0.05) is 6.42 Å². The molecule has 1 rings (SSSR count). The van der Waals surface area contributed by atoms with E-state index < -0.39 is 0 Å². The van der Waals surface area contributed by atoms with E-state index in [1.807, 2.05) is 31.2 Å². The predicted octanol–water partition coefficient (Wildman–Crippen LogP) is 1.97. The second-order valence-corrected chi connectivity index (χ2v) is 3.53. The fraction of sp³-hybridized carbons (Fsp3) is 0.462. The van der Waals surface area contributed by atoms with Gasteiger partial charge in [-0.2, -0.15) is 5.26 Å². The topological polar surface area (TPSA) is 54.3 Å². The summed E-state index contributed by atoms with van der Waals surface area (Å²) in [7, 11) is 1.61. The maximum Gasteiger partial charge on any atom is 0.161 e. The van der Waals surface area contributed by atoms with Crippen molar-refractivity contribution in [2.24, 2.45) is 0 Å². The van der Waals surface area contributed by atoms with Crippen molar-refractivity contribution in [1.82, 2.24) is 5.32 Å². The fourth-order valence-corrected chi connectivity index (χ4v) is 1.48. The van der Waals surface area contributed by atoms with Crippen molar-refractivity contribution in [1.29, 1.82) is 5.26 Å². The van der Waals surface area contributed by atoms with Crippen LogP contribution in [0.5, 0.6) is 11.5 Å². The van der Waals surface area contributed by atoms with Crippen LogP contribution in [-0.4, -0.2) is 26.3 Å². The lowest BCUT2D eigenvalue weighted by Crippen LogP contribution is -2.28. The Morgan fingerprint density at radius 1 is 1.35 bits per heavy atom. The van der Waals surface area contributed by atoms with Crippen LogP contribution < -0.4 is 14.8 Å². The molecule has 0 bridgehead atoms. The van der Waals surface area contributed by atoms with Crippen molar-refractivity contribution < 1.29 is 9.47 Å². The van der Waals surface area contributed by atoms with E-state index in [-0.39, 0.29) is 6.04 Å². The molecule has 0 spiro atoms. The minimum atomic E-state index is -0.158. The Kier molecular flexibility index (Phi) is 5.91. The largest absolute Gasteiger partial charge is 0.493 e. The molecule has 0 radical (unpaired) electrons. The number of benzene rings is 1. The Morgan fingerprint density at radius 2 is 2.06 bits per heavy atom. The molecule has 1 unspecified atom stereocenters. The average Bonchev–Trinajstić information content (AvgIpc) is 2.38. The quantitative estimate of drug-likeness (QED) is 0.783. The Balaban J connectivity index is 2.42. The molecule has 0 fully saturated rings. The van der Waals surface area contributed by atoms with Crippen molar-refractivity contribution in [2.75, 3.05) is 20.3 Å². The lowest BCUT2D eigenvalue weighted by molar-refractivity contribution is 0.280. The van der Waals surface area contributed by atoms with Crippen LogP contribution in [0.3, 0.4) is 0 Å². The molecule has 4 nitrogen and oxygen atoms in total. The smallest absolute Gasteiger partial charge is 0.161 e. The normalized spacial score (nSPS) is 11.6. The van der Waals surface area contributed by atoms with Gasteiger partial charge in [0.25, 0.3) is 0 Å². The highest BCUT2D eigenvalue weighted by Gasteiger charge is 2.07. The van der Waals surface area contributed by atoms with Crippen molar-refractivity contribution >= 4 is 0 Å². The molecule has 0 amide bonds. The van der Waals surface area contributed by atoms with E-state index in [2.05, 4.69) is 11.4 Å². The van der Waals surface area contributed by atoms with Gasteiger partial charge in [0.2, 0.25) is 0 Å². The van der Waals surface area contributed by atoms with Gasteiger partial charge in [-0.1, -0.05) is 19.1 Å². The van der Waals surface area contributed by atoms with Crippen LogP contribution in [0.1, 0.15) is 13.3 Å². The molecular formula is C13H18N2O2. The van der Waals surface area contributed by atoms with E-state index in [1.54, 1.807) is 7.11 Å². The van der Waals surface area contributed by atoms with Gasteiger partial charge < -0.3 is 14.8 Å². The summed E-state index contributed by atoms with van der Waals surface area (Å²) >= 11 is 0. The van der Waals surface area contributed by atoms with Crippen LogP contribution in [0, 0.1) is 11.3 Å². The summed E-state index contributed by atoms with van der Waals surface area (Å²) < 4.78 is 10.8. The van der Waals surface area contributed by atoms with Crippen molar-refractivity contribution in [3.8, 4) is 17.6 Å². The first-order valence-electron chi connectivity index (χ1n) is 5.70. The van der Waals surface area contributed by atoms with Crippen LogP contribution in [0.4, 0.5) is 0 Å². The summed E-state index contributed by atoms with van der Waals surface area (Å²) in [6.07, 6.45) is 0.655. The van der Waals surface area contributed by atoms with Gasteiger partial charge in [0.05, 0.1) is 25.8 Å². The SMILES string of the molecule is CCNC(C#N)CCOc1ccccc1OC. The number of methoxy groups -OCH3 is 1. The Morgan fingerprint density at radius 3 is 2.65 bits per heavy atom. The maximum atomic E-state index is 8.86. The molecule has 17 heavy (non-hydrogen) atoms.